The highest BCUT2D eigenvalue weighted by Gasteiger charge is 2.50. The summed E-state index contributed by atoms with van der Waals surface area (Å²) in [6, 6.07) is 12.3. The van der Waals surface area contributed by atoms with Crippen LogP contribution in [0.3, 0.4) is 0 Å². The molecule has 7 heteroatoms. The Labute approximate surface area is 162 Å². The Hall–Kier alpha value is -2.64. The smallest absolute Gasteiger partial charge is 0.212 e. The number of sulfone groups is 1. The first-order valence-electron chi connectivity index (χ1n) is 9.13. The maximum Gasteiger partial charge on any atom is 0.212 e. The summed E-state index contributed by atoms with van der Waals surface area (Å²) < 4.78 is 39.2. The van der Waals surface area contributed by atoms with Gasteiger partial charge in [0.25, 0.3) is 0 Å². The Bertz CT molecular complexity index is 1130. The molecule has 0 bridgehead atoms. The van der Waals surface area contributed by atoms with Crippen molar-refractivity contribution in [1.29, 1.82) is 0 Å². The molecular formula is C21H18FN3O2S. The van der Waals surface area contributed by atoms with Crippen LogP contribution in [0.25, 0.3) is 11.1 Å². The molecule has 1 saturated heterocycles. The second kappa shape index (κ2) is 6.46. The normalized spacial score (nSPS) is 22.8. The number of nitrogens with zero attached hydrogens (tertiary/aromatic N) is 3. The average Bonchev–Trinajstić information content (AvgIpc) is 3.21. The number of likely N-dealkylation sites (tertiary alicyclic amines) is 1. The molecule has 2 atom stereocenters. The van der Waals surface area contributed by atoms with E-state index in [9.17, 15) is 12.8 Å². The van der Waals surface area contributed by atoms with Gasteiger partial charge in [-0.3, -0.25) is 9.88 Å². The Morgan fingerprint density at radius 2 is 1.93 bits per heavy atom. The number of fused-ring (bicyclic) bond motifs is 3. The second-order valence-electron chi connectivity index (χ2n) is 7.37. The Balaban J connectivity index is 1.48. The monoisotopic (exact) mass is 395 g/mol. The van der Waals surface area contributed by atoms with Crippen LogP contribution in [-0.4, -0.2) is 41.6 Å². The van der Waals surface area contributed by atoms with Crippen LogP contribution < -0.4 is 0 Å². The van der Waals surface area contributed by atoms with Crippen molar-refractivity contribution in [3.8, 4) is 11.1 Å². The second-order valence-corrected chi connectivity index (χ2v) is 9.50. The first-order valence-corrected chi connectivity index (χ1v) is 10.7. The van der Waals surface area contributed by atoms with Crippen molar-refractivity contribution in [3.63, 3.8) is 0 Å². The number of hydrogen-bond donors (Lipinski definition) is 0. The molecule has 1 aromatic carbocycles. The van der Waals surface area contributed by atoms with Crippen molar-refractivity contribution in [2.75, 3.05) is 13.1 Å². The maximum atomic E-state index is 13.1. The van der Waals surface area contributed by atoms with E-state index in [-0.39, 0.29) is 5.92 Å². The van der Waals surface area contributed by atoms with Crippen LogP contribution in [0.5, 0.6) is 0 Å². The van der Waals surface area contributed by atoms with E-state index < -0.39 is 21.0 Å². The van der Waals surface area contributed by atoms with Gasteiger partial charge in [0.1, 0.15) is 0 Å². The van der Waals surface area contributed by atoms with Gasteiger partial charge in [-0.2, -0.15) is 4.39 Å². The molecule has 0 amide bonds. The van der Waals surface area contributed by atoms with Crippen LogP contribution in [0.1, 0.15) is 17.0 Å². The molecular weight excluding hydrogens is 377 g/mol. The zero-order chi connectivity index (χ0) is 19.3. The highest BCUT2D eigenvalue weighted by Crippen LogP contribution is 2.46. The van der Waals surface area contributed by atoms with E-state index in [0.29, 0.717) is 24.5 Å². The fourth-order valence-electron chi connectivity index (χ4n) is 4.33. The summed E-state index contributed by atoms with van der Waals surface area (Å²) in [4.78, 5) is 10.5. The number of rotatable bonds is 3. The number of benzene rings is 1. The van der Waals surface area contributed by atoms with Crippen LogP contribution in [0, 0.1) is 5.95 Å². The van der Waals surface area contributed by atoms with E-state index in [1.807, 2.05) is 24.4 Å². The fraction of sp³-hybridized carbons (Fsp3) is 0.238. The lowest BCUT2D eigenvalue weighted by Gasteiger charge is -2.17. The van der Waals surface area contributed by atoms with Crippen LogP contribution in [-0.2, 0) is 16.4 Å². The van der Waals surface area contributed by atoms with Gasteiger partial charge >= 0.3 is 0 Å². The third-order valence-corrected chi connectivity index (χ3v) is 7.91. The number of halogens is 1. The Kier molecular flexibility index (Phi) is 4.03. The topological polar surface area (TPSA) is 63.2 Å². The fourth-order valence-corrected chi connectivity index (χ4v) is 6.53. The molecule has 3 aromatic rings. The molecule has 5 nitrogen and oxygen atoms in total. The zero-order valence-electron chi connectivity index (χ0n) is 15.0. The molecule has 2 aromatic heterocycles. The number of hydrogen-bond acceptors (Lipinski definition) is 5. The van der Waals surface area contributed by atoms with E-state index in [2.05, 4.69) is 14.9 Å². The van der Waals surface area contributed by atoms with Gasteiger partial charge in [-0.25, -0.2) is 13.4 Å². The quantitative estimate of drug-likeness (QED) is 0.638. The van der Waals surface area contributed by atoms with E-state index in [1.54, 1.807) is 24.4 Å². The first kappa shape index (κ1) is 17.5. The first-order chi connectivity index (χ1) is 13.5. The lowest BCUT2D eigenvalue weighted by molar-refractivity contribution is 0.325. The van der Waals surface area contributed by atoms with Gasteiger partial charge in [-0.15, -0.1) is 0 Å². The molecule has 5 rings (SSSR count). The molecule has 0 N–H and O–H groups in total. The zero-order valence-corrected chi connectivity index (χ0v) is 15.8. The summed E-state index contributed by atoms with van der Waals surface area (Å²) in [5.41, 5.74) is 3.56. The summed E-state index contributed by atoms with van der Waals surface area (Å²) in [5.74, 6) is -0.584. The largest absolute Gasteiger partial charge is 0.297 e. The van der Waals surface area contributed by atoms with Gasteiger partial charge in [0.15, 0.2) is 9.84 Å². The van der Waals surface area contributed by atoms with E-state index in [4.69, 9.17) is 0 Å². The summed E-state index contributed by atoms with van der Waals surface area (Å²) >= 11 is 0. The van der Waals surface area contributed by atoms with Crippen molar-refractivity contribution in [1.82, 2.24) is 14.9 Å². The van der Waals surface area contributed by atoms with Crippen LogP contribution >= 0.6 is 0 Å². The minimum Gasteiger partial charge on any atom is -0.297 e. The van der Waals surface area contributed by atoms with Gasteiger partial charge < -0.3 is 0 Å². The summed E-state index contributed by atoms with van der Waals surface area (Å²) in [6.45, 7) is 1.90. The van der Waals surface area contributed by atoms with Gasteiger partial charge in [0.2, 0.25) is 5.95 Å². The van der Waals surface area contributed by atoms with Gasteiger partial charge in [0.05, 0.1) is 10.1 Å². The van der Waals surface area contributed by atoms with Crippen LogP contribution in [0.4, 0.5) is 4.39 Å². The molecule has 0 aliphatic carbocycles. The van der Waals surface area contributed by atoms with Crippen molar-refractivity contribution >= 4 is 9.84 Å². The molecule has 0 unspecified atom stereocenters. The molecule has 28 heavy (non-hydrogen) atoms. The third-order valence-electron chi connectivity index (χ3n) is 5.65. The van der Waals surface area contributed by atoms with Crippen LogP contribution in [0.2, 0.25) is 0 Å². The SMILES string of the molecule is O=S1(=O)c2ccc(-c3ccc(F)nc3)cc2[C@@H]2CN(Cc3cccnc3)C[C@H]21. The lowest BCUT2D eigenvalue weighted by atomic mass is 9.95. The average molecular weight is 395 g/mol. The van der Waals surface area contributed by atoms with Gasteiger partial charge in [0, 0.05) is 49.7 Å². The summed E-state index contributed by atoms with van der Waals surface area (Å²) in [6.07, 6.45) is 5.02. The van der Waals surface area contributed by atoms with Gasteiger partial charge in [-0.1, -0.05) is 12.1 Å². The molecule has 0 spiro atoms. The molecule has 0 saturated carbocycles. The molecule has 4 heterocycles. The van der Waals surface area contributed by atoms with E-state index in [1.165, 1.54) is 12.3 Å². The van der Waals surface area contributed by atoms with Crippen molar-refractivity contribution < 1.29 is 12.8 Å². The minimum atomic E-state index is -3.35. The molecule has 2 aliphatic rings. The highest BCUT2D eigenvalue weighted by molar-refractivity contribution is 7.92. The third kappa shape index (κ3) is 2.82. The van der Waals surface area contributed by atoms with Gasteiger partial charge in [-0.05, 0) is 47.0 Å². The highest BCUT2D eigenvalue weighted by atomic mass is 32.2. The van der Waals surface area contributed by atoms with Crippen molar-refractivity contribution in [2.45, 2.75) is 22.6 Å². The predicted octanol–water partition coefficient (Wildman–Crippen LogP) is 3.04. The number of pyridine rings is 2. The molecule has 142 valence electrons. The minimum absolute atomic E-state index is 0.0509. The standard InChI is InChI=1S/C21H18FN3O2S/c22-21-6-4-16(10-24-21)15-3-5-19-17(8-15)18-12-25(13-20(18)28(19,26)27)11-14-2-1-7-23-9-14/h1-10,18,20H,11-13H2/t18-,20+/m0/s1. The van der Waals surface area contributed by atoms with Crippen molar-refractivity contribution in [3.05, 3.63) is 78.1 Å². The summed E-state index contributed by atoms with van der Waals surface area (Å²) in [7, 11) is -3.35. The summed E-state index contributed by atoms with van der Waals surface area (Å²) in [5, 5.41) is -0.416. The number of aromatic nitrogens is 2. The Morgan fingerprint density at radius 1 is 1.07 bits per heavy atom. The molecule has 2 aliphatic heterocycles. The predicted molar refractivity (Wildman–Crippen MR) is 103 cm³/mol. The molecule has 0 radical (unpaired) electrons. The van der Waals surface area contributed by atoms with Crippen LogP contribution in [0.15, 0.2) is 66.0 Å². The van der Waals surface area contributed by atoms with Crippen molar-refractivity contribution in [2.24, 2.45) is 0 Å². The van der Waals surface area contributed by atoms with E-state index in [0.717, 1.165) is 22.3 Å². The Morgan fingerprint density at radius 3 is 2.68 bits per heavy atom. The molecule has 1 fully saturated rings. The lowest BCUT2D eigenvalue weighted by Crippen LogP contribution is -2.25. The van der Waals surface area contributed by atoms with E-state index >= 15 is 0 Å². The maximum absolute atomic E-state index is 13.1.